The molecule has 2 rings (SSSR count). The summed E-state index contributed by atoms with van der Waals surface area (Å²) in [6.45, 7) is 10.4. The van der Waals surface area contributed by atoms with Crippen LogP contribution in [0.1, 0.15) is 42.1 Å². The van der Waals surface area contributed by atoms with Crippen LogP contribution in [-0.4, -0.2) is 25.6 Å². The summed E-state index contributed by atoms with van der Waals surface area (Å²) in [5.41, 5.74) is 11.8. The number of aryl methyl sites for hydroxylation is 3. The van der Waals surface area contributed by atoms with E-state index in [9.17, 15) is 0 Å². The first kappa shape index (κ1) is 14.8. The fraction of sp³-hybridized carbons (Fsp3) is 0.600. The smallest absolute Gasteiger partial charge is 0.155 e. The van der Waals surface area contributed by atoms with E-state index in [0.717, 1.165) is 30.0 Å². The van der Waals surface area contributed by atoms with Crippen molar-refractivity contribution in [2.45, 2.75) is 53.5 Å². The number of hydrogen-bond donors (Lipinski definition) is 1. The van der Waals surface area contributed by atoms with Crippen LogP contribution in [0.5, 0.6) is 0 Å². The van der Waals surface area contributed by atoms with Gasteiger partial charge in [0.25, 0.3) is 0 Å². The molecule has 2 aromatic heterocycles. The number of hydrogen-bond acceptors (Lipinski definition) is 3. The molecule has 5 heteroatoms. The molecule has 2 N–H and O–H groups in total. The van der Waals surface area contributed by atoms with Crippen LogP contribution < -0.4 is 5.73 Å². The molecule has 1 atom stereocenters. The van der Waals surface area contributed by atoms with Gasteiger partial charge in [0.15, 0.2) is 5.82 Å². The maximum atomic E-state index is 5.98. The fourth-order valence-electron chi connectivity index (χ4n) is 2.91. The second-order valence-corrected chi connectivity index (χ2v) is 5.61. The first-order valence-corrected chi connectivity index (χ1v) is 7.20. The normalized spacial score (nSPS) is 12.9. The summed E-state index contributed by atoms with van der Waals surface area (Å²) < 4.78 is 3.93. The third-order valence-electron chi connectivity index (χ3n) is 3.83. The average Bonchev–Trinajstić information content (AvgIpc) is 2.76. The molecular weight excluding hydrogens is 250 g/mol. The first-order chi connectivity index (χ1) is 9.36. The zero-order valence-electron chi connectivity index (χ0n) is 13.4. The highest BCUT2D eigenvalue weighted by Gasteiger charge is 2.20. The molecule has 0 amide bonds. The lowest BCUT2D eigenvalue weighted by Crippen LogP contribution is -2.20. The molecule has 0 aromatic carbocycles. The lowest BCUT2D eigenvalue weighted by atomic mass is 10.1. The van der Waals surface area contributed by atoms with Gasteiger partial charge < -0.3 is 5.73 Å². The Labute approximate surface area is 120 Å². The molecule has 110 valence electrons. The second kappa shape index (κ2) is 5.40. The van der Waals surface area contributed by atoms with Gasteiger partial charge in [-0.2, -0.15) is 10.2 Å². The Bertz CT molecular complexity index is 619. The number of nitrogens with two attached hydrogens (primary N) is 1. The van der Waals surface area contributed by atoms with E-state index >= 15 is 0 Å². The Hall–Kier alpha value is -1.62. The van der Waals surface area contributed by atoms with Gasteiger partial charge in [0.2, 0.25) is 0 Å². The second-order valence-electron chi connectivity index (χ2n) is 5.61. The van der Waals surface area contributed by atoms with E-state index in [1.807, 2.05) is 30.3 Å². The number of nitrogens with zero attached hydrogens (tertiary/aromatic N) is 4. The SMILES string of the molecule is CCc1c(C)nn(-c2c(CC(C)N)c(C)nn2C)c1C. The number of rotatable bonds is 4. The fourth-order valence-corrected chi connectivity index (χ4v) is 2.91. The van der Waals surface area contributed by atoms with Crippen LogP contribution in [0.25, 0.3) is 5.82 Å². The molecule has 5 nitrogen and oxygen atoms in total. The van der Waals surface area contributed by atoms with Crippen molar-refractivity contribution in [1.82, 2.24) is 19.6 Å². The molecule has 0 fully saturated rings. The summed E-state index contributed by atoms with van der Waals surface area (Å²) in [6, 6.07) is 0.110. The molecule has 2 heterocycles. The summed E-state index contributed by atoms with van der Waals surface area (Å²) in [5.74, 6) is 1.04. The van der Waals surface area contributed by atoms with Crippen LogP contribution in [0.15, 0.2) is 0 Å². The maximum Gasteiger partial charge on any atom is 0.155 e. The van der Waals surface area contributed by atoms with Gasteiger partial charge in [-0.3, -0.25) is 4.68 Å². The predicted octanol–water partition coefficient (Wildman–Crippen LogP) is 1.98. The van der Waals surface area contributed by atoms with Gasteiger partial charge in [0, 0.05) is 24.3 Å². The van der Waals surface area contributed by atoms with E-state index in [2.05, 4.69) is 25.9 Å². The molecule has 2 aromatic rings. The minimum Gasteiger partial charge on any atom is -0.328 e. The zero-order chi connectivity index (χ0) is 15.0. The van der Waals surface area contributed by atoms with E-state index in [1.165, 1.54) is 16.8 Å². The van der Waals surface area contributed by atoms with Crippen LogP contribution in [0.3, 0.4) is 0 Å². The molecular formula is C15H25N5. The van der Waals surface area contributed by atoms with E-state index in [0.29, 0.717) is 0 Å². The monoisotopic (exact) mass is 275 g/mol. The molecule has 0 aliphatic heterocycles. The van der Waals surface area contributed by atoms with Gasteiger partial charge in [-0.15, -0.1) is 0 Å². The minimum absolute atomic E-state index is 0.110. The maximum absolute atomic E-state index is 5.98. The largest absolute Gasteiger partial charge is 0.328 e. The van der Waals surface area contributed by atoms with Gasteiger partial charge in [0.05, 0.1) is 11.4 Å². The summed E-state index contributed by atoms with van der Waals surface area (Å²) in [7, 11) is 1.97. The summed E-state index contributed by atoms with van der Waals surface area (Å²) in [5, 5.41) is 9.25. The van der Waals surface area contributed by atoms with Gasteiger partial charge in [-0.25, -0.2) is 4.68 Å². The summed E-state index contributed by atoms with van der Waals surface area (Å²) >= 11 is 0. The summed E-state index contributed by atoms with van der Waals surface area (Å²) in [4.78, 5) is 0. The minimum atomic E-state index is 0.110. The van der Waals surface area contributed by atoms with Crippen molar-refractivity contribution in [2.24, 2.45) is 12.8 Å². The third-order valence-corrected chi connectivity index (χ3v) is 3.83. The van der Waals surface area contributed by atoms with Gasteiger partial charge in [0.1, 0.15) is 0 Å². The Morgan fingerprint density at radius 1 is 1.10 bits per heavy atom. The van der Waals surface area contributed by atoms with E-state index in [1.54, 1.807) is 0 Å². The van der Waals surface area contributed by atoms with Crippen LogP contribution >= 0.6 is 0 Å². The Morgan fingerprint density at radius 3 is 2.20 bits per heavy atom. The van der Waals surface area contributed by atoms with Crippen molar-refractivity contribution in [2.75, 3.05) is 0 Å². The quantitative estimate of drug-likeness (QED) is 0.928. The molecule has 0 saturated carbocycles. The Balaban J connectivity index is 2.63. The highest BCUT2D eigenvalue weighted by Crippen LogP contribution is 2.23. The van der Waals surface area contributed by atoms with Crippen molar-refractivity contribution in [3.63, 3.8) is 0 Å². The van der Waals surface area contributed by atoms with Crippen LogP contribution in [0.2, 0.25) is 0 Å². The van der Waals surface area contributed by atoms with Gasteiger partial charge >= 0.3 is 0 Å². The first-order valence-electron chi connectivity index (χ1n) is 7.20. The predicted molar refractivity (Wildman–Crippen MR) is 81.3 cm³/mol. The number of aromatic nitrogens is 4. The molecule has 0 aliphatic carbocycles. The van der Waals surface area contributed by atoms with Gasteiger partial charge in [-0.05, 0) is 46.1 Å². The van der Waals surface area contributed by atoms with Crippen molar-refractivity contribution < 1.29 is 0 Å². The standard InChI is InChI=1S/C15H25N5/c1-7-13-10(3)18-20(12(13)5)15-14(8-9(2)16)11(4)17-19(15)6/h9H,7-8,16H2,1-6H3. The topological polar surface area (TPSA) is 61.7 Å². The van der Waals surface area contributed by atoms with Crippen molar-refractivity contribution in [3.8, 4) is 5.82 Å². The van der Waals surface area contributed by atoms with Crippen LogP contribution in [0.4, 0.5) is 0 Å². The molecule has 20 heavy (non-hydrogen) atoms. The molecule has 0 spiro atoms. The Kier molecular flexibility index (Phi) is 3.99. The van der Waals surface area contributed by atoms with E-state index < -0.39 is 0 Å². The van der Waals surface area contributed by atoms with Crippen molar-refractivity contribution in [1.29, 1.82) is 0 Å². The Morgan fingerprint density at radius 2 is 1.70 bits per heavy atom. The van der Waals surface area contributed by atoms with E-state index in [4.69, 9.17) is 10.8 Å². The van der Waals surface area contributed by atoms with Crippen LogP contribution in [0, 0.1) is 20.8 Å². The highest BCUT2D eigenvalue weighted by atomic mass is 15.4. The highest BCUT2D eigenvalue weighted by molar-refractivity contribution is 5.41. The lowest BCUT2D eigenvalue weighted by molar-refractivity contribution is 0.671. The van der Waals surface area contributed by atoms with Crippen LogP contribution in [-0.2, 0) is 19.9 Å². The average molecular weight is 275 g/mol. The van der Waals surface area contributed by atoms with Crippen molar-refractivity contribution in [3.05, 3.63) is 28.2 Å². The molecule has 0 bridgehead atoms. The lowest BCUT2D eigenvalue weighted by Gasteiger charge is -2.11. The molecule has 0 saturated heterocycles. The molecule has 0 radical (unpaired) electrons. The molecule has 1 unspecified atom stereocenters. The third kappa shape index (κ3) is 2.38. The zero-order valence-corrected chi connectivity index (χ0v) is 13.4. The van der Waals surface area contributed by atoms with Gasteiger partial charge in [-0.1, -0.05) is 6.92 Å². The van der Waals surface area contributed by atoms with Crippen molar-refractivity contribution >= 4 is 0 Å². The molecule has 0 aliphatic rings. The van der Waals surface area contributed by atoms with E-state index in [-0.39, 0.29) is 6.04 Å². The summed E-state index contributed by atoms with van der Waals surface area (Å²) in [6.07, 6.45) is 1.81.